The predicted octanol–water partition coefficient (Wildman–Crippen LogP) is 1.07. The van der Waals surface area contributed by atoms with E-state index in [4.69, 9.17) is 9.47 Å². The lowest BCUT2D eigenvalue weighted by molar-refractivity contribution is -0.125. The number of hydrogen-bond acceptors (Lipinski definition) is 4. The average Bonchev–Trinajstić information content (AvgIpc) is 2.21. The molecule has 2 fully saturated rings. The zero-order valence-electron chi connectivity index (χ0n) is 12.2. The molecule has 4 heteroatoms. The smallest absolute Gasteiger partial charge is 0.0596 e. The van der Waals surface area contributed by atoms with Gasteiger partial charge < -0.3 is 9.47 Å². The molecule has 106 valence electrons. The van der Waals surface area contributed by atoms with E-state index in [0.29, 0.717) is 11.5 Å². The molecule has 0 aromatic carbocycles. The molecule has 0 radical (unpaired) electrons. The molecule has 0 amide bonds. The summed E-state index contributed by atoms with van der Waals surface area (Å²) in [5, 5.41) is 0. The van der Waals surface area contributed by atoms with Gasteiger partial charge in [0.25, 0.3) is 0 Å². The molecule has 2 rings (SSSR count). The van der Waals surface area contributed by atoms with Crippen molar-refractivity contribution in [2.45, 2.75) is 26.9 Å². The van der Waals surface area contributed by atoms with Gasteiger partial charge in [-0.3, -0.25) is 9.80 Å². The molecule has 2 saturated heterocycles. The Bertz CT molecular complexity index is 244. The second-order valence-corrected chi connectivity index (χ2v) is 6.04. The highest BCUT2D eigenvalue weighted by atomic mass is 16.5. The standard InChI is InChI=1S/C14H28N2O2/c1-4-17-7-5-15-9-14(10-15)11-16(12-14)6-8-18-13(2)3/h13H,4-12H2,1-3H3. The maximum absolute atomic E-state index is 5.59. The van der Waals surface area contributed by atoms with Crippen LogP contribution >= 0.6 is 0 Å². The van der Waals surface area contributed by atoms with Crippen molar-refractivity contribution in [3.63, 3.8) is 0 Å². The van der Waals surface area contributed by atoms with E-state index in [2.05, 4.69) is 30.6 Å². The molecular weight excluding hydrogens is 228 g/mol. The van der Waals surface area contributed by atoms with E-state index in [9.17, 15) is 0 Å². The minimum Gasteiger partial charge on any atom is -0.380 e. The number of likely N-dealkylation sites (tertiary alicyclic amines) is 2. The van der Waals surface area contributed by atoms with Crippen molar-refractivity contribution in [3.05, 3.63) is 0 Å². The van der Waals surface area contributed by atoms with Crippen molar-refractivity contribution < 1.29 is 9.47 Å². The molecule has 2 aliphatic rings. The van der Waals surface area contributed by atoms with Gasteiger partial charge in [0.05, 0.1) is 19.3 Å². The Hall–Kier alpha value is -0.160. The summed E-state index contributed by atoms with van der Waals surface area (Å²) in [4.78, 5) is 5.03. The molecule has 4 nitrogen and oxygen atoms in total. The second kappa shape index (κ2) is 6.33. The fourth-order valence-corrected chi connectivity index (χ4v) is 3.08. The Morgan fingerprint density at radius 2 is 1.56 bits per heavy atom. The van der Waals surface area contributed by atoms with Crippen LogP contribution in [-0.4, -0.2) is 75.0 Å². The lowest BCUT2D eigenvalue weighted by Crippen LogP contribution is -2.72. The Morgan fingerprint density at radius 1 is 1.00 bits per heavy atom. The maximum atomic E-state index is 5.59. The Kier molecular flexibility index (Phi) is 5.01. The van der Waals surface area contributed by atoms with Gasteiger partial charge in [-0.1, -0.05) is 0 Å². The summed E-state index contributed by atoms with van der Waals surface area (Å²) in [5.41, 5.74) is 0.615. The van der Waals surface area contributed by atoms with Crippen molar-refractivity contribution in [2.24, 2.45) is 5.41 Å². The average molecular weight is 256 g/mol. The van der Waals surface area contributed by atoms with E-state index < -0.39 is 0 Å². The molecule has 1 spiro atoms. The van der Waals surface area contributed by atoms with Crippen molar-refractivity contribution in [1.29, 1.82) is 0 Å². The Morgan fingerprint density at radius 3 is 2.06 bits per heavy atom. The third-order valence-corrected chi connectivity index (χ3v) is 3.85. The van der Waals surface area contributed by atoms with Crippen molar-refractivity contribution in [1.82, 2.24) is 9.80 Å². The molecule has 0 atom stereocenters. The van der Waals surface area contributed by atoms with Crippen molar-refractivity contribution >= 4 is 0 Å². The van der Waals surface area contributed by atoms with Gasteiger partial charge in [0.15, 0.2) is 0 Å². The van der Waals surface area contributed by atoms with E-state index in [1.807, 2.05) is 0 Å². The van der Waals surface area contributed by atoms with Crippen LogP contribution in [-0.2, 0) is 9.47 Å². The normalized spacial score (nSPS) is 23.3. The van der Waals surface area contributed by atoms with Gasteiger partial charge in [-0.25, -0.2) is 0 Å². The van der Waals surface area contributed by atoms with E-state index >= 15 is 0 Å². The van der Waals surface area contributed by atoms with E-state index in [0.717, 1.165) is 32.9 Å². The van der Waals surface area contributed by atoms with Crippen LogP contribution in [0, 0.1) is 5.41 Å². The number of hydrogen-bond donors (Lipinski definition) is 0. The van der Waals surface area contributed by atoms with Gasteiger partial charge >= 0.3 is 0 Å². The molecule has 0 aromatic rings. The SMILES string of the molecule is CCOCCN1CC2(C1)CN(CCOC(C)C)C2. The Labute approximate surface area is 111 Å². The van der Waals surface area contributed by atoms with E-state index in [-0.39, 0.29) is 0 Å². The summed E-state index contributed by atoms with van der Waals surface area (Å²) in [6.07, 6.45) is 0.359. The van der Waals surface area contributed by atoms with Gasteiger partial charge in [-0.05, 0) is 20.8 Å². The first kappa shape index (κ1) is 14.3. The molecule has 0 aliphatic carbocycles. The van der Waals surface area contributed by atoms with Crippen LogP contribution in [0.25, 0.3) is 0 Å². The quantitative estimate of drug-likeness (QED) is 0.606. The molecule has 2 heterocycles. The highest BCUT2D eigenvalue weighted by molar-refractivity contribution is 5.05. The van der Waals surface area contributed by atoms with Crippen LogP contribution in [0.1, 0.15) is 20.8 Å². The maximum Gasteiger partial charge on any atom is 0.0596 e. The van der Waals surface area contributed by atoms with Crippen LogP contribution in [0.5, 0.6) is 0 Å². The predicted molar refractivity (Wildman–Crippen MR) is 72.9 cm³/mol. The third-order valence-electron chi connectivity index (χ3n) is 3.85. The minimum atomic E-state index is 0.359. The first-order valence-electron chi connectivity index (χ1n) is 7.28. The summed E-state index contributed by atoms with van der Waals surface area (Å²) >= 11 is 0. The summed E-state index contributed by atoms with van der Waals surface area (Å²) in [5.74, 6) is 0. The van der Waals surface area contributed by atoms with Crippen LogP contribution in [0.4, 0.5) is 0 Å². The van der Waals surface area contributed by atoms with E-state index in [1.165, 1.54) is 26.2 Å². The Balaban J connectivity index is 1.49. The van der Waals surface area contributed by atoms with E-state index in [1.54, 1.807) is 0 Å². The van der Waals surface area contributed by atoms with Crippen LogP contribution in [0.15, 0.2) is 0 Å². The molecule has 0 aromatic heterocycles. The van der Waals surface area contributed by atoms with Crippen LogP contribution < -0.4 is 0 Å². The third kappa shape index (κ3) is 3.67. The zero-order chi connectivity index (χ0) is 13.0. The fourth-order valence-electron chi connectivity index (χ4n) is 3.08. The highest BCUT2D eigenvalue weighted by Gasteiger charge is 2.50. The number of rotatable bonds is 8. The number of nitrogens with zero attached hydrogens (tertiary/aromatic N) is 2. The zero-order valence-corrected chi connectivity index (χ0v) is 12.2. The molecule has 0 unspecified atom stereocenters. The second-order valence-electron chi connectivity index (χ2n) is 6.04. The van der Waals surface area contributed by atoms with Gasteiger partial charge in [-0.2, -0.15) is 0 Å². The van der Waals surface area contributed by atoms with Crippen molar-refractivity contribution in [2.75, 3.05) is 59.1 Å². The summed E-state index contributed by atoms with van der Waals surface area (Å²) < 4.78 is 11.0. The van der Waals surface area contributed by atoms with Gasteiger partial charge in [-0.15, -0.1) is 0 Å². The first-order valence-corrected chi connectivity index (χ1v) is 7.28. The topological polar surface area (TPSA) is 24.9 Å². The number of ether oxygens (including phenoxy) is 2. The lowest BCUT2D eigenvalue weighted by atomic mass is 9.73. The summed E-state index contributed by atoms with van der Waals surface area (Å²) in [6.45, 7) is 16.1. The molecule has 18 heavy (non-hydrogen) atoms. The molecule has 0 saturated carbocycles. The van der Waals surface area contributed by atoms with Crippen molar-refractivity contribution in [3.8, 4) is 0 Å². The monoisotopic (exact) mass is 256 g/mol. The molecule has 0 N–H and O–H groups in total. The highest BCUT2D eigenvalue weighted by Crippen LogP contribution is 2.38. The molecule has 0 bridgehead atoms. The van der Waals surface area contributed by atoms with Gasteiger partial charge in [0.1, 0.15) is 0 Å². The largest absolute Gasteiger partial charge is 0.380 e. The van der Waals surface area contributed by atoms with Gasteiger partial charge in [0, 0.05) is 51.3 Å². The van der Waals surface area contributed by atoms with Crippen LogP contribution in [0.2, 0.25) is 0 Å². The first-order chi connectivity index (χ1) is 8.63. The lowest BCUT2D eigenvalue weighted by Gasteiger charge is -2.60. The summed E-state index contributed by atoms with van der Waals surface area (Å²) in [7, 11) is 0. The molecular formula is C14H28N2O2. The minimum absolute atomic E-state index is 0.359. The van der Waals surface area contributed by atoms with Crippen LogP contribution in [0.3, 0.4) is 0 Å². The fraction of sp³-hybridized carbons (Fsp3) is 1.00. The molecule has 2 aliphatic heterocycles. The van der Waals surface area contributed by atoms with Gasteiger partial charge in [0.2, 0.25) is 0 Å². The summed E-state index contributed by atoms with van der Waals surface area (Å²) in [6, 6.07) is 0.